The number of pyridine rings is 2. The molecule has 10 heteroatoms. The minimum Gasteiger partial charge on any atom is -0.487 e. The number of aromatic nitrogens is 5. The van der Waals surface area contributed by atoms with E-state index in [4.69, 9.17) is 25.8 Å². The van der Waals surface area contributed by atoms with Crippen LogP contribution in [0.1, 0.15) is 27.4 Å². The van der Waals surface area contributed by atoms with Crippen molar-refractivity contribution in [3.05, 3.63) is 88.8 Å². The van der Waals surface area contributed by atoms with Crippen LogP contribution in [0.3, 0.4) is 0 Å². The molecule has 0 radical (unpaired) electrons. The van der Waals surface area contributed by atoms with Gasteiger partial charge in [-0.05, 0) is 30.7 Å². The number of fused-ring (bicyclic) bond motifs is 1. The first-order valence-electron chi connectivity index (χ1n) is 10.8. The fraction of sp³-hybridized carbons (Fsp3) is 0.160. The molecule has 0 fully saturated rings. The zero-order chi connectivity index (χ0) is 24.4. The van der Waals surface area contributed by atoms with Gasteiger partial charge in [-0.15, -0.1) is 0 Å². The van der Waals surface area contributed by atoms with Crippen LogP contribution in [0.25, 0.3) is 22.2 Å². The molecule has 9 nitrogen and oxygen atoms in total. The van der Waals surface area contributed by atoms with Gasteiger partial charge in [-0.25, -0.2) is 4.98 Å². The Kier molecular flexibility index (Phi) is 6.15. The predicted octanol–water partition coefficient (Wildman–Crippen LogP) is 4.49. The van der Waals surface area contributed by atoms with E-state index in [9.17, 15) is 4.79 Å². The molecular weight excluding hydrogens is 468 g/mol. The van der Waals surface area contributed by atoms with Crippen LogP contribution in [0.2, 0.25) is 5.02 Å². The number of aryl methyl sites for hydroxylation is 2. The molecule has 35 heavy (non-hydrogen) atoms. The van der Waals surface area contributed by atoms with E-state index in [0.29, 0.717) is 10.8 Å². The minimum atomic E-state index is -0.384. The molecule has 0 aliphatic rings. The molecule has 0 spiro atoms. The van der Waals surface area contributed by atoms with Gasteiger partial charge in [-0.1, -0.05) is 28.9 Å². The molecule has 176 valence electrons. The number of ether oxygens (including phenoxy) is 1. The molecule has 1 N–H and O–H groups in total. The Bertz CT molecular complexity index is 1510. The van der Waals surface area contributed by atoms with Crippen molar-refractivity contribution < 1.29 is 14.1 Å². The molecule has 0 aliphatic heterocycles. The van der Waals surface area contributed by atoms with Crippen molar-refractivity contribution in [2.75, 3.05) is 0 Å². The summed E-state index contributed by atoms with van der Waals surface area (Å²) in [5, 5.41) is 12.0. The van der Waals surface area contributed by atoms with Crippen LogP contribution in [-0.2, 0) is 20.2 Å². The van der Waals surface area contributed by atoms with E-state index in [1.165, 1.54) is 12.3 Å². The fourth-order valence-electron chi connectivity index (χ4n) is 3.88. The molecule has 0 saturated heterocycles. The van der Waals surface area contributed by atoms with E-state index in [-0.39, 0.29) is 24.8 Å². The Morgan fingerprint density at radius 2 is 2.09 bits per heavy atom. The third-order valence-corrected chi connectivity index (χ3v) is 5.92. The lowest BCUT2D eigenvalue weighted by Crippen LogP contribution is -2.23. The molecule has 0 bridgehead atoms. The SMILES string of the molecule is Cc1cc(-c2ccnn2C)c2cccc(OCc3c(Cl)cncc3CNC(=O)c3ccno3)c2n1. The smallest absolute Gasteiger partial charge is 0.290 e. The highest BCUT2D eigenvalue weighted by atomic mass is 35.5. The Hall–Kier alpha value is -4.24. The zero-order valence-corrected chi connectivity index (χ0v) is 19.8. The second-order valence-corrected chi connectivity index (χ2v) is 8.32. The van der Waals surface area contributed by atoms with Gasteiger partial charge < -0.3 is 14.6 Å². The van der Waals surface area contributed by atoms with Crippen molar-refractivity contribution in [2.24, 2.45) is 7.05 Å². The van der Waals surface area contributed by atoms with E-state index >= 15 is 0 Å². The van der Waals surface area contributed by atoms with Crippen molar-refractivity contribution in [3.63, 3.8) is 0 Å². The topological polar surface area (TPSA) is 108 Å². The predicted molar refractivity (Wildman–Crippen MR) is 130 cm³/mol. The first kappa shape index (κ1) is 22.5. The van der Waals surface area contributed by atoms with Crippen molar-refractivity contribution in [1.82, 2.24) is 30.2 Å². The van der Waals surface area contributed by atoms with E-state index in [1.54, 1.807) is 18.6 Å². The highest BCUT2D eigenvalue weighted by Gasteiger charge is 2.16. The molecule has 1 aromatic carbocycles. The summed E-state index contributed by atoms with van der Waals surface area (Å²) in [6.07, 6.45) is 6.38. The number of halogens is 1. The quantitative estimate of drug-likeness (QED) is 0.359. The third kappa shape index (κ3) is 4.58. The van der Waals surface area contributed by atoms with Gasteiger partial charge in [0.05, 0.1) is 16.9 Å². The van der Waals surface area contributed by atoms with Gasteiger partial charge in [0, 0.05) is 60.5 Å². The van der Waals surface area contributed by atoms with Gasteiger partial charge in [0.15, 0.2) is 0 Å². The minimum absolute atomic E-state index is 0.124. The molecule has 0 unspecified atom stereocenters. The lowest BCUT2D eigenvalue weighted by Gasteiger charge is -2.15. The third-order valence-electron chi connectivity index (χ3n) is 5.59. The molecule has 0 aliphatic carbocycles. The molecule has 0 saturated carbocycles. The number of hydrogen-bond acceptors (Lipinski definition) is 7. The number of nitrogens with zero attached hydrogens (tertiary/aromatic N) is 5. The molecular formula is C25H21ClN6O3. The maximum absolute atomic E-state index is 12.2. The second-order valence-electron chi connectivity index (χ2n) is 7.91. The number of amides is 1. The molecule has 1 amide bonds. The van der Waals surface area contributed by atoms with Crippen LogP contribution in [0, 0.1) is 6.92 Å². The first-order valence-corrected chi connectivity index (χ1v) is 11.2. The van der Waals surface area contributed by atoms with Gasteiger partial charge >= 0.3 is 0 Å². The normalized spacial score (nSPS) is 11.1. The van der Waals surface area contributed by atoms with Gasteiger partial charge in [-0.3, -0.25) is 14.5 Å². The van der Waals surface area contributed by atoms with Crippen LogP contribution < -0.4 is 10.1 Å². The molecule has 5 aromatic rings. The number of carbonyl (C=O) groups is 1. The number of nitrogens with one attached hydrogen (secondary N) is 1. The molecule has 4 aromatic heterocycles. The Morgan fingerprint density at radius 1 is 1.20 bits per heavy atom. The first-order chi connectivity index (χ1) is 17.0. The van der Waals surface area contributed by atoms with Crippen LogP contribution in [0.4, 0.5) is 0 Å². The number of carbonyl (C=O) groups excluding carboxylic acids is 1. The van der Waals surface area contributed by atoms with Gasteiger partial charge in [0.25, 0.3) is 5.91 Å². The summed E-state index contributed by atoms with van der Waals surface area (Å²) in [4.78, 5) is 21.1. The Labute approximate surface area is 205 Å². The summed E-state index contributed by atoms with van der Waals surface area (Å²) in [6, 6.07) is 11.3. The van der Waals surface area contributed by atoms with Crippen LogP contribution >= 0.6 is 11.6 Å². The average molecular weight is 489 g/mol. The van der Waals surface area contributed by atoms with Crippen molar-refractivity contribution in [2.45, 2.75) is 20.1 Å². The molecule has 0 atom stereocenters. The van der Waals surface area contributed by atoms with E-state index in [0.717, 1.165) is 39.0 Å². The van der Waals surface area contributed by atoms with Crippen LogP contribution in [0.5, 0.6) is 5.75 Å². The maximum atomic E-state index is 12.2. The summed E-state index contributed by atoms with van der Waals surface area (Å²) in [7, 11) is 1.91. The summed E-state index contributed by atoms with van der Waals surface area (Å²) in [6.45, 7) is 2.32. The van der Waals surface area contributed by atoms with E-state index < -0.39 is 0 Å². The van der Waals surface area contributed by atoms with Crippen LogP contribution in [-0.4, -0.2) is 30.8 Å². The molecule has 4 heterocycles. The molecule has 5 rings (SSSR count). The zero-order valence-electron chi connectivity index (χ0n) is 19.0. The van der Waals surface area contributed by atoms with Gasteiger partial charge in [0.1, 0.15) is 17.9 Å². The van der Waals surface area contributed by atoms with Crippen molar-refractivity contribution in [1.29, 1.82) is 0 Å². The number of rotatable bonds is 7. The highest BCUT2D eigenvalue weighted by molar-refractivity contribution is 6.31. The van der Waals surface area contributed by atoms with Gasteiger partial charge in [0.2, 0.25) is 5.76 Å². The van der Waals surface area contributed by atoms with Gasteiger partial charge in [-0.2, -0.15) is 5.10 Å². The second kappa shape index (κ2) is 9.55. The number of hydrogen-bond donors (Lipinski definition) is 1. The fourth-order valence-corrected chi connectivity index (χ4v) is 4.11. The lowest BCUT2D eigenvalue weighted by molar-refractivity contribution is 0.0913. The van der Waals surface area contributed by atoms with Crippen molar-refractivity contribution in [3.8, 4) is 17.0 Å². The Morgan fingerprint density at radius 3 is 2.86 bits per heavy atom. The number of para-hydroxylation sites is 1. The summed E-state index contributed by atoms with van der Waals surface area (Å²) < 4.78 is 13.0. The lowest BCUT2D eigenvalue weighted by atomic mass is 10.0. The standard InChI is InChI=1S/C25H21ClN6O3/c1-15-10-18(21-6-8-29-32(21)2)17-4-3-5-22(24(17)31-15)34-14-19-16(11-27-13-20(19)26)12-28-25(33)23-7-9-30-35-23/h3-11,13H,12,14H2,1-2H3,(H,28,33). The van der Waals surface area contributed by atoms with Crippen molar-refractivity contribution >= 4 is 28.4 Å². The summed E-state index contributed by atoms with van der Waals surface area (Å²) >= 11 is 6.46. The van der Waals surface area contributed by atoms with E-state index in [1.807, 2.05) is 49.0 Å². The summed E-state index contributed by atoms with van der Waals surface area (Å²) in [5.41, 5.74) is 5.06. The summed E-state index contributed by atoms with van der Waals surface area (Å²) in [5.74, 6) is 0.365. The highest BCUT2D eigenvalue weighted by Crippen LogP contribution is 2.33. The van der Waals surface area contributed by atoms with Crippen LogP contribution in [0.15, 0.2) is 65.7 Å². The van der Waals surface area contributed by atoms with E-state index in [2.05, 4.69) is 20.6 Å². The monoisotopic (exact) mass is 488 g/mol. The number of benzene rings is 1. The largest absolute Gasteiger partial charge is 0.487 e. The maximum Gasteiger partial charge on any atom is 0.290 e. The average Bonchev–Trinajstić information content (AvgIpc) is 3.54. The Balaban J connectivity index is 1.43.